The van der Waals surface area contributed by atoms with Crippen LogP contribution in [-0.4, -0.2) is 57.4 Å². The maximum atomic E-state index is 11.7. The summed E-state index contributed by atoms with van der Waals surface area (Å²) in [6, 6.07) is 8.28. The van der Waals surface area contributed by atoms with Crippen molar-refractivity contribution in [3.05, 3.63) is 29.8 Å². The molecule has 0 aromatic heterocycles. The summed E-state index contributed by atoms with van der Waals surface area (Å²) in [4.78, 5) is 16.1. The van der Waals surface area contributed by atoms with Gasteiger partial charge in [-0.1, -0.05) is 32.9 Å². The van der Waals surface area contributed by atoms with Gasteiger partial charge in [0, 0.05) is 38.7 Å². The third-order valence-corrected chi connectivity index (χ3v) is 6.00. The standard InChI is InChI=1S/C25H40N4O3/c1-25(2,3)23-19(6-5-15-31-23)16-28-24(26-4)27-14-13-18-7-11-21(12-8-18)32-17-22(30)29-20-9-10-20/h7-8,11-12,19-20,23H,5-6,9-10,13-17H2,1-4H3,(H,29,30)(H2,26,27,28). The number of amides is 1. The van der Waals surface area contributed by atoms with E-state index in [1.807, 2.05) is 24.3 Å². The zero-order valence-electron chi connectivity index (χ0n) is 20.1. The van der Waals surface area contributed by atoms with Crippen LogP contribution in [0.2, 0.25) is 0 Å². The van der Waals surface area contributed by atoms with Gasteiger partial charge in [0.15, 0.2) is 12.6 Å². The second-order valence-electron chi connectivity index (χ2n) is 9.96. The quantitative estimate of drug-likeness (QED) is 0.403. The Morgan fingerprint density at radius 2 is 1.91 bits per heavy atom. The molecule has 1 aliphatic heterocycles. The summed E-state index contributed by atoms with van der Waals surface area (Å²) in [5.41, 5.74) is 1.34. The first-order valence-corrected chi connectivity index (χ1v) is 11.9. The van der Waals surface area contributed by atoms with E-state index in [0.717, 1.165) is 51.3 Å². The molecule has 2 atom stereocenters. The van der Waals surface area contributed by atoms with Crippen LogP contribution in [0.3, 0.4) is 0 Å². The topological polar surface area (TPSA) is 84.0 Å². The lowest BCUT2D eigenvalue weighted by molar-refractivity contribution is -0.123. The number of nitrogens with zero attached hydrogens (tertiary/aromatic N) is 1. The Morgan fingerprint density at radius 1 is 1.16 bits per heavy atom. The Morgan fingerprint density at radius 3 is 2.56 bits per heavy atom. The molecular formula is C25H40N4O3. The van der Waals surface area contributed by atoms with Crippen molar-refractivity contribution in [3.8, 4) is 5.75 Å². The molecule has 1 heterocycles. The van der Waals surface area contributed by atoms with Gasteiger partial charge < -0.3 is 25.4 Å². The van der Waals surface area contributed by atoms with Crippen molar-refractivity contribution < 1.29 is 14.3 Å². The van der Waals surface area contributed by atoms with Gasteiger partial charge >= 0.3 is 0 Å². The highest BCUT2D eigenvalue weighted by Gasteiger charge is 2.35. The number of hydrogen-bond acceptors (Lipinski definition) is 4. The average Bonchev–Trinajstić information content (AvgIpc) is 3.59. The Kier molecular flexibility index (Phi) is 8.79. The predicted octanol–water partition coefficient (Wildman–Crippen LogP) is 2.89. The number of aliphatic imine (C=N–C) groups is 1. The molecule has 0 bridgehead atoms. The van der Waals surface area contributed by atoms with E-state index < -0.39 is 0 Å². The Balaban J connectivity index is 1.36. The number of ether oxygens (including phenoxy) is 2. The SMILES string of the molecule is CN=C(NCCc1ccc(OCC(=O)NC2CC2)cc1)NCC1CCCOC1C(C)(C)C. The van der Waals surface area contributed by atoms with Crippen LogP contribution >= 0.6 is 0 Å². The molecule has 3 N–H and O–H groups in total. The van der Waals surface area contributed by atoms with Gasteiger partial charge in [0.2, 0.25) is 0 Å². The van der Waals surface area contributed by atoms with E-state index >= 15 is 0 Å². The fourth-order valence-electron chi connectivity index (χ4n) is 4.18. The summed E-state index contributed by atoms with van der Waals surface area (Å²) in [7, 11) is 1.81. The monoisotopic (exact) mass is 444 g/mol. The molecule has 32 heavy (non-hydrogen) atoms. The summed E-state index contributed by atoms with van der Waals surface area (Å²) in [5, 5.41) is 9.81. The molecule has 3 rings (SSSR count). The number of nitrogens with one attached hydrogen (secondary N) is 3. The van der Waals surface area contributed by atoms with E-state index in [-0.39, 0.29) is 24.0 Å². The number of guanidine groups is 1. The summed E-state index contributed by atoms with van der Waals surface area (Å²) >= 11 is 0. The van der Waals surface area contributed by atoms with Crippen molar-refractivity contribution in [2.24, 2.45) is 16.3 Å². The van der Waals surface area contributed by atoms with E-state index in [0.29, 0.717) is 17.7 Å². The second-order valence-corrected chi connectivity index (χ2v) is 9.96. The fraction of sp³-hybridized carbons (Fsp3) is 0.680. The molecule has 2 aliphatic rings. The molecular weight excluding hydrogens is 404 g/mol. The number of carbonyl (C=O) groups excluding carboxylic acids is 1. The highest BCUT2D eigenvalue weighted by Crippen LogP contribution is 2.33. The van der Waals surface area contributed by atoms with Gasteiger partial charge in [0.25, 0.3) is 5.91 Å². The maximum Gasteiger partial charge on any atom is 0.258 e. The van der Waals surface area contributed by atoms with Crippen molar-refractivity contribution in [1.29, 1.82) is 0 Å². The predicted molar refractivity (Wildman–Crippen MR) is 128 cm³/mol. The molecule has 1 saturated heterocycles. The molecule has 1 aromatic carbocycles. The molecule has 178 valence electrons. The second kappa shape index (κ2) is 11.5. The maximum absolute atomic E-state index is 11.7. The number of carbonyl (C=O) groups is 1. The largest absolute Gasteiger partial charge is 0.484 e. The van der Waals surface area contributed by atoms with Gasteiger partial charge in [-0.2, -0.15) is 0 Å². The lowest BCUT2D eigenvalue weighted by Crippen LogP contribution is -2.47. The van der Waals surface area contributed by atoms with Crippen LogP contribution in [-0.2, 0) is 16.0 Å². The molecule has 1 aliphatic carbocycles. The van der Waals surface area contributed by atoms with Gasteiger partial charge in [-0.15, -0.1) is 0 Å². The van der Waals surface area contributed by atoms with E-state index in [9.17, 15) is 4.79 Å². The zero-order valence-corrected chi connectivity index (χ0v) is 20.1. The van der Waals surface area contributed by atoms with Gasteiger partial charge in [-0.05, 0) is 55.2 Å². The molecule has 7 heteroatoms. The van der Waals surface area contributed by atoms with Gasteiger partial charge in [-0.25, -0.2) is 0 Å². The van der Waals surface area contributed by atoms with Crippen molar-refractivity contribution in [3.63, 3.8) is 0 Å². The van der Waals surface area contributed by atoms with Crippen LogP contribution in [0.15, 0.2) is 29.3 Å². The van der Waals surface area contributed by atoms with Crippen molar-refractivity contribution in [2.45, 2.75) is 65.0 Å². The lowest BCUT2D eigenvalue weighted by Gasteiger charge is -2.40. The smallest absolute Gasteiger partial charge is 0.258 e. The van der Waals surface area contributed by atoms with Crippen LogP contribution in [0.4, 0.5) is 0 Å². The van der Waals surface area contributed by atoms with Crippen molar-refractivity contribution in [2.75, 3.05) is 33.4 Å². The molecule has 1 amide bonds. The average molecular weight is 445 g/mol. The number of rotatable bonds is 9. The first-order valence-electron chi connectivity index (χ1n) is 11.9. The third kappa shape index (κ3) is 8.01. The van der Waals surface area contributed by atoms with Crippen LogP contribution in [0.5, 0.6) is 5.75 Å². The van der Waals surface area contributed by atoms with Crippen LogP contribution in [0, 0.1) is 11.3 Å². The van der Waals surface area contributed by atoms with Crippen LogP contribution < -0.4 is 20.7 Å². The fourth-order valence-corrected chi connectivity index (χ4v) is 4.18. The van der Waals surface area contributed by atoms with E-state index in [4.69, 9.17) is 9.47 Å². The first kappa shape index (κ1) is 24.4. The highest BCUT2D eigenvalue weighted by atomic mass is 16.5. The molecule has 1 saturated carbocycles. The summed E-state index contributed by atoms with van der Waals surface area (Å²) in [6.45, 7) is 9.34. The lowest BCUT2D eigenvalue weighted by atomic mass is 9.78. The van der Waals surface area contributed by atoms with E-state index in [2.05, 4.69) is 41.7 Å². The van der Waals surface area contributed by atoms with Crippen LogP contribution in [0.25, 0.3) is 0 Å². The Labute approximate surface area is 192 Å². The molecule has 2 fully saturated rings. The summed E-state index contributed by atoms with van der Waals surface area (Å²) in [5.74, 6) is 1.98. The molecule has 2 unspecified atom stereocenters. The first-order chi connectivity index (χ1) is 15.3. The minimum atomic E-state index is -0.0479. The summed E-state index contributed by atoms with van der Waals surface area (Å²) in [6.07, 6.45) is 5.61. The highest BCUT2D eigenvalue weighted by molar-refractivity contribution is 5.79. The molecule has 7 nitrogen and oxygen atoms in total. The Hall–Kier alpha value is -2.28. The molecule has 0 spiro atoms. The van der Waals surface area contributed by atoms with E-state index in [1.54, 1.807) is 7.05 Å². The minimum absolute atomic E-state index is 0.0479. The van der Waals surface area contributed by atoms with Crippen LogP contribution in [0.1, 0.15) is 52.0 Å². The zero-order chi connectivity index (χ0) is 23.0. The minimum Gasteiger partial charge on any atom is -0.484 e. The van der Waals surface area contributed by atoms with Crippen molar-refractivity contribution >= 4 is 11.9 Å². The molecule has 0 radical (unpaired) electrons. The third-order valence-electron chi connectivity index (χ3n) is 6.00. The van der Waals surface area contributed by atoms with Crippen molar-refractivity contribution in [1.82, 2.24) is 16.0 Å². The summed E-state index contributed by atoms with van der Waals surface area (Å²) < 4.78 is 11.7. The van der Waals surface area contributed by atoms with E-state index in [1.165, 1.54) is 12.0 Å². The molecule has 1 aromatic rings. The number of hydrogen-bond donors (Lipinski definition) is 3. The van der Waals surface area contributed by atoms with Gasteiger partial charge in [0.1, 0.15) is 5.75 Å². The Bertz CT molecular complexity index is 753. The van der Waals surface area contributed by atoms with Gasteiger partial charge in [0.05, 0.1) is 6.10 Å². The number of benzene rings is 1. The van der Waals surface area contributed by atoms with Gasteiger partial charge in [-0.3, -0.25) is 9.79 Å². The normalized spacial score (nSPS) is 21.7.